The second-order valence-corrected chi connectivity index (χ2v) is 3.87. The number of hydrogen-bond acceptors (Lipinski definition) is 4. The van der Waals surface area contributed by atoms with E-state index >= 15 is 0 Å². The highest BCUT2D eigenvalue weighted by Crippen LogP contribution is 2.24. The maximum Gasteiger partial charge on any atom is 0.255 e. The monoisotopic (exact) mass is 246 g/mol. The Hall–Kier alpha value is -2.14. The molecular formula is C13H14N2O3. The largest absolute Gasteiger partial charge is 0.505 e. The van der Waals surface area contributed by atoms with Gasteiger partial charge >= 0.3 is 0 Å². The van der Waals surface area contributed by atoms with Crippen LogP contribution in [0, 0.1) is 0 Å². The van der Waals surface area contributed by atoms with E-state index in [1.165, 1.54) is 6.20 Å². The molecular weight excluding hydrogens is 232 g/mol. The molecule has 1 heterocycles. The first-order valence-corrected chi connectivity index (χ1v) is 5.70. The third-order valence-corrected chi connectivity index (χ3v) is 2.60. The molecule has 1 aromatic heterocycles. The van der Waals surface area contributed by atoms with Crippen molar-refractivity contribution in [2.45, 2.75) is 6.42 Å². The van der Waals surface area contributed by atoms with Gasteiger partial charge in [-0.25, -0.2) is 0 Å². The van der Waals surface area contributed by atoms with Gasteiger partial charge in [0.25, 0.3) is 5.91 Å². The van der Waals surface area contributed by atoms with Gasteiger partial charge in [0.1, 0.15) is 5.75 Å². The number of para-hydroxylation sites is 1. The summed E-state index contributed by atoms with van der Waals surface area (Å²) in [6.45, 7) is 0.384. The number of fused-ring (bicyclic) bond motifs is 1. The zero-order valence-corrected chi connectivity index (χ0v) is 9.76. The number of hydrogen-bond donors (Lipinski definition) is 3. The molecule has 0 bridgehead atoms. The normalized spacial score (nSPS) is 10.5. The fourth-order valence-corrected chi connectivity index (χ4v) is 1.74. The molecule has 5 heteroatoms. The lowest BCUT2D eigenvalue weighted by molar-refractivity contribution is 0.0950. The zero-order chi connectivity index (χ0) is 13.0. The van der Waals surface area contributed by atoms with Gasteiger partial charge in [0.2, 0.25) is 0 Å². The van der Waals surface area contributed by atoms with Crippen LogP contribution in [0.4, 0.5) is 0 Å². The number of aliphatic hydroxyl groups excluding tert-OH is 1. The third-order valence-electron chi connectivity index (χ3n) is 2.60. The Morgan fingerprint density at radius 2 is 2.11 bits per heavy atom. The Morgan fingerprint density at radius 3 is 2.89 bits per heavy atom. The van der Waals surface area contributed by atoms with E-state index in [1.807, 2.05) is 6.07 Å². The number of amides is 1. The lowest BCUT2D eigenvalue weighted by atomic mass is 10.1. The summed E-state index contributed by atoms with van der Waals surface area (Å²) >= 11 is 0. The van der Waals surface area contributed by atoms with E-state index in [0.717, 1.165) is 0 Å². The van der Waals surface area contributed by atoms with Crippen molar-refractivity contribution in [3.63, 3.8) is 0 Å². The minimum Gasteiger partial charge on any atom is -0.505 e. The molecule has 0 saturated carbocycles. The van der Waals surface area contributed by atoms with E-state index in [1.54, 1.807) is 18.2 Å². The molecule has 5 nitrogen and oxygen atoms in total. The smallest absolute Gasteiger partial charge is 0.255 e. The van der Waals surface area contributed by atoms with Gasteiger partial charge in [-0.3, -0.25) is 9.78 Å². The van der Waals surface area contributed by atoms with Gasteiger partial charge in [0.15, 0.2) is 0 Å². The van der Waals surface area contributed by atoms with Gasteiger partial charge in [0.05, 0.1) is 17.3 Å². The average Bonchev–Trinajstić information content (AvgIpc) is 2.38. The van der Waals surface area contributed by atoms with Crippen molar-refractivity contribution >= 4 is 16.8 Å². The molecule has 0 radical (unpaired) electrons. The number of aliphatic hydroxyl groups is 1. The number of nitrogens with one attached hydrogen (secondary N) is 1. The third kappa shape index (κ3) is 2.41. The van der Waals surface area contributed by atoms with Crippen LogP contribution in [-0.2, 0) is 0 Å². The molecule has 0 spiro atoms. The Bertz CT molecular complexity index is 569. The van der Waals surface area contributed by atoms with E-state index < -0.39 is 0 Å². The number of carbonyl (C=O) groups is 1. The van der Waals surface area contributed by atoms with Crippen molar-refractivity contribution in [2.75, 3.05) is 13.2 Å². The molecule has 0 aliphatic heterocycles. The number of carbonyl (C=O) groups excluding carboxylic acids is 1. The van der Waals surface area contributed by atoms with E-state index in [-0.39, 0.29) is 23.8 Å². The summed E-state index contributed by atoms with van der Waals surface area (Å²) in [6.07, 6.45) is 1.75. The molecule has 0 fully saturated rings. The van der Waals surface area contributed by atoms with Gasteiger partial charge in [-0.1, -0.05) is 18.2 Å². The Morgan fingerprint density at radius 1 is 1.33 bits per heavy atom. The lowest BCUT2D eigenvalue weighted by Gasteiger charge is -2.08. The number of nitrogens with zero attached hydrogens (tertiary/aromatic N) is 1. The van der Waals surface area contributed by atoms with Crippen molar-refractivity contribution in [3.8, 4) is 5.75 Å². The molecule has 2 rings (SSSR count). The van der Waals surface area contributed by atoms with Crippen LogP contribution in [0.25, 0.3) is 10.9 Å². The van der Waals surface area contributed by atoms with Gasteiger partial charge < -0.3 is 15.5 Å². The number of rotatable bonds is 4. The van der Waals surface area contributed by atoms with Crippen LogP contribution in [0.1, 0.15) is 16.8 Å². The van der Waals surface area contributed by atoms with Gasteiger partial charge in [-0.15, -0.1) is 0 Å². The summed E-state index contributed by atoms with van der Waals surface area (Å²) in [7, 11) is 0. The number of pyridine rings is 1. The van der Waals surface area contributed by atoms with E-state index in [9.17, 15) is 9.90 Å². The van der Waals surface area contributed by atoms with Crippen molar-refractivity contribution < 1.29 is 15.0 Å². The van der Waals surface area contributed by atoms with Crippen LogP contribution in [0.15, 0.2) is 30.5 Å². The highest BCUT2D eigenvalue weighted by molar-refractivity contribution is 6.08. The number of benzene rings is 1. The molecule has 2 aromatic rings. The molecule has 1 amide bonds. The lowest BCUT2D eigenvalue weighted by Crippen LogP contribution is -2.25. The summed E-state index contributed by atoms with van der Waals surface area (Å²) in [5.41, 5.74) is 0.876. The number of aromatic hydroxyl groups is 1. The van der Waals surface area contributed by atoms with Crippen LogP contribution in [0.3, 0.4) is 0 Å². The van der Waals surface area contributed by atoms with E-state index in [2.05, 4.69) is 10.3 Å². The zero-order valence-electron chi connectivity index (χ0n) is 9.76. The summed E-state index contributed by atoms with van der Waals surface area (Å²) in [5, 5.41) is 21.7. The van der Waals surface area contributed by atoms with E-state index in [0.29, 0.717) is 23.9 Å². The maximum atomic E-state index is 12.0. The molecule has 18 heavy (non-hydrogen) atoms. The highest BCUT2D eigenvalue weighted by Gasteiger charge is 2.15. The average molecular weight is 246 g/mol. The Labute approximate surface area is 104 Å². The molecule has 3 N–H and O–H groups in total. The maximum absolute atomic E-state index is 12.0. The van der Waals surface area contributed by atoms with Crippen LogP contribution >= 0.6 is 0 Å². The second-order valence-electron chi connectivity index (χ2n) is 3.87. The van der Waals surface area contributed by atoms with Crippen molar-refractivity contribution in [1.82, 2.24) is 10.3 Å². The standard InChI is InChI=1S/C13H14N2O3/c16-7-3-6-14-13(18)12-9-4-1-2-5-10(9)15-8-11(12)17/h1-2,4-5,8,16-17H,3,6-7H2,(H,14,18). The molecule has 0 saturated heterocycles. The van der Waals surface area contributed by atoms with Gasteiger partial charge in [-0.2, -0.15) is 0 Å². The summed E-state index contributed by atoms with van der Waals surface area (Å²) in [5.74, 6) is -0.505. The minimum absolute atomic E-state index is 0.0172. The van der Waals surface area contributed by atoms with Crippen LogP contribution in [0.5, 0.6) is 5.75 Å². The van der Waals surface area contributed by atoms with Crippen LogP contribution in [0.2, 0.25) is 0 Å². The second kappa shape index (κ2) is 5.46. The summed E-state index contributed by atoms with van der Waals surface area (Å²) in [6, 6.07) is 7.12. The van der Waals surface area contributed by atoms with Crippen molar-refractivity contribution in [1.29, 1.82) is 0 Å². The Kier molecular flexibility index (Phi) is 3.74. The molecule has 0 aliphatic carbocycles. The van der Waals surface area contributed by atoms with Crippen molar-refractivity contribution in [3.05, 3.63) is 36.0 Å². The highest BCUT2D eigenvalue weighted by atomic mass is 16.3. The first kappa shape index (κ1) is 12.3. The first-order valence-electron chi connectivity index (χ1n) is 5.70. The molecule has 0 unspecified atom stereocenters. The van der Waals surface area contributed by atoms with Gasteiger partial charge in [-0.05, 0) is 12.5 Å². The molecule has 1 aromatic carbocycles. The van der Waals surface area contributed by atoms with Crippen molar-refractivity contribution in [2.24, 2.45) is 0 Å². The minimum atomic E-state index is -0.362. The fourth-order valence-electron chi connectivity index (χ4n) is 1.74. The van der Waals surface area contributed by atoms with E-state index in [4.69, 9.17) is 5.11 Å². The molecule has 0 atom stereocenters. The Balaban J connectivity index is 2.36. The molecule has 94 valence electrons. The molecule has 0 aliphatic rings. The number of aromatic nitrogens is 1. The predicted molar refractivity (Wildman–Crippen MR) is 67.4 cm³/mol. The predicted octanol–water partition coefficient (Wildman–Crippen LogP) is 1.05. The SMILES string of the molecule is O=C(NCCCO)c1c(O)cnc2ccccc12. The topological polar surface area (TPSA) is 82.5 Å². The van der Waals surface area contributed by atoms with Crippen LogP contribution in [-0.4, -0.2) is 34.3 Å². The fraction of sp³-hybridized carbons (Fsp3) is 0.231. The van der Waals surface area contributed by atoms with Gasteiger partial charge in [0, 0.05) is 18.5 Å². The summed E-state index contributed by atoms with van der Waals surface area (Å²) < 4.78 is 0. The van der Waals surface area contributed by atoms with Crippen LogP contribution < -0.4 is 5.32 Å². The first-order chi connectivity index (χ1) is 8.74. The quantitative estimate of drug-likeness (QED) is 0.704. The summed E-state index contributed by atoms with van der Waals surface area (Å²) in [4.78, 5) is 16.0.